The molecule has 1 aromatic carbocycles. The molecule has 1 aromatic rings. The molecule has 1 amide bonds. The molecular formula is C13H15NO2. The van der Waals surface area contributed by atoms with Gasteiger partial charge in [-0.3, -0.25) is 4.79 Å². The summed E-state index contributed by atoms with van der Waals surface area (Å²) in [4.78, 5) is 11.2. The lowest BCUT2D eigenvalue weighted by Gasteiger charge is -2.10. The number of carbonyl (C=O) groups is 1. The lowest BCUT2D eigenvalue weighted by atomic mass is 10.1. The molecule has 1 rings (SSSR count). The van der Waals surface area contributed by atoms with Gasteiger partial charge in [-0.1, -0.05) is 18.1 Å². The van der Waals surface area contributed by atoms with Crippen molar-refractivity contribution in [1.82, 2.24) is 5.32 Å². The summed E-state index contributed by atoms with van der Waals surface area (Å²) in [5.41, 5.74) is 2.19. The van der Waals surface area contributed by atoms with Crippen molar-refractivity contribution in [2.24, 2.45) is 0 Å². The second-order valence-electron chi connectivity index (χ2n) is 3.47. The van der Waals surface area contributed by atoms with Gasteiger partial charge in [0.2, 0.25) is 0 Å². The Bertz CT molecular complexity index is 418. The Morgan fingerprint density at radius 3 is 2.94 bits per heavy atom. The van der Waals surface area contributed by atoms with Crippen molar-refractivity contribution >= 4 is 5.91 Å². The first kappa shape index (κ1) is 12.1. The summed E-state index contributed by atoms with van der Waals surface area (Å²) < 4.78 is 5.40. The number of amides is 1. The van der Waals surface area contributed by atoms with E-state index in [9.17, 15) is 4.79 Å². The Morgan fingerprint density at radius 2 is 2.25 bits per heavy atom. The average Bonchev–Trinajstić information content (AvgIpc) is 2.28. The summed E-state index contributed by atoms with van der Waals surface area (Å²) in [5, 5.41) is 2.54. The summed E-state index contributed by atoms with van der Waals surface area (Å²) >= 11 is 0. The molecule has 0 aromatic heterocycles. The van der Waals surface area contributed by atoms with E-state index in [-0.39, 0.29) is 19.1 Å². The maximum Gasteiger partial charge on any atom is 0.258 e. The van der Waals surface area contributed by atoms with E-state index >= 15 is 0 Å². The van der Waals surface area contributed by atoms with Gasteiger partial charge in [0.25, 0.3) is 5.91 Å². The van der Waals surface area contributed by atoms with E-state index in [1.165, 1.54) is 0 Å². The van der Waals surface area contributed by atoms with E-state index in [0.29, 0.717) is 0 Å². The van der Waals surface area contributed by atoms with Gasteiger partial charge in [-0.05, 0) is 31.0 Å². The van der Waals surface area contributed by atoms with Crippen LogP contribution in [0.25, 0.3) is 0 Å². The van der Waals surface area contributed by atoms with Gasteiger partial charge in [-0.15, -0.1) is 6.42 Å². The Balaban J connectivity index is 2.52. The van der Waals surface area contributed by atoms with Gasteiger partial charge in [0, 0.05) is 0 Å². The summed E-state index contributed by atoms with van der Waals surface area (Å²) in [6.07, 6.45) is 5.02. The van der Waals surface area contributed by atoms with E-state index in [0.717, 1.165) is 16.9 Å². The number of hydrogen-bond donors (Lipinski definition) is 1. The Morgan fingerprint density at radius 1 is 1.50 bits per heavy atom. The van der Waals surface area contributed by atoms with Crippen molar-refractivity contribution in [3.63, 3.8) is 0 Å². The first-order valence-electron chi connectivity index (χ1n) is 5.04. The van der Waals surface area contributed by atoms with Crippen molar-refractivity contribution in [3.8, 4) is 18.1 Å². The van der Waals surface area contributed by atoms with Gasteiger partial charge in [0.15, 0.2) is 6.61 Å². The highest BCUT2D eigenvalue weighted by Crippen LogP contribution is 2.20. The monoisotopic (exact) mass is 217 g/mol. The predicted molar refractivity (Wildman–Crippen MR) is 63.3 cm³/mol. The third kappa shape index (κ3) is 3.32. The molecule has 0 spiro atoms. The molecule has 3 heteroatoms. The highest BCUT2D eigenvalue weighted by atomic mass is 16.5. The molecule has 3 nitrogen and oxygen atoms in total. The maximum atomic E-state index is 11.2. The van der Waals surface area contributed by atoms with Crippen LogP contribution in [0.3, 0.4) is 0 Å². The Labute approximate surface area is 95.8 Å². The van der Waals surface area contributed by atoms with Crippen LogP contribution in [0.1, 0.15) is 11.1 Å². The van der Waals surface area contributed by atoms with Crippen LogP contribution in [0.15, 0.2) is 18.2 Å². The molecule has 0 heterocycles. The standard InChI is InChI=1S/C13H15NO2/c1-4-8-14-13(15)9-16-12-7-5-6-10(2)11(12)3/h1,5-7H,8-9H2,2-3H3,(H,14,15). The molecule has 0 fully saturated rings. The van der Waals surface area contributed by atoms with Crippen LogP contribution in [-0.2, 0) is 4.79 Å². The third-order valence-corrected chi connectivity index (χ3v) is 2.30. The smallest absolute Gasteiger partial charge is 0.258 e. The zero-order valence-corrected chi connectivity index (χ0v) is 9.54. The van der Waals surface area contributed by atoms with E-state index in [1.54, 1.807) is 0 Å². The van der Waals surface area contributed by atoms with Gasteiger partial charge in [-0.25, -0.2) is 0 Å². The van der Waals surface area contributed by atoms with E-state index in [2.05, 4.69) is 11.2 Å². The third-order valence-electron chi connectivity index (χ3n) is 2.30. The molecule has 0 saturated heterocycles. The van der Waals surface area contributed by atoms with Crippen molar-refractivity contribution in [2.75, 3.05) is 13.2 Å². The van der Waals surface area contributed by atoms with Gasteiger partial charge in [0.05, 0.1) is 6.54 Å². The fourth-order valence-electron chi connectivity index (χ4n) is 1.22. The molecule has 0 atom stereocenters. The minimum absolute atomic E-state index is 0.00796. The quantitative estimate of drug-likeness (QED) is 0.775. The second kappa shape index (κ2) is 5.82. The molecule has 1 N–H and O–H groups in total. The topological polar surface area (TPSA) is 38.3 Å². The summed E-state index contributed by atoms with van der Waals surface area (Å²) in [7, 11) is 0. The zero-order chi connectivity index (χ0) is 12.0. The van der Waals surface area contributed by atoms with Crippen LogP contribution in [0.5, 0.6) is 5.75 Å². The van der Waals surface area contributed by atoms with E-state index in [1.807, 2.05) is 32.0 Å². The average molecular weight is 217 g/mol. The lowest BCUT2D eigenvalue weighted by molar-refractivity contribution is -0.122. The number of hydrogen-bond acceptors (Lipinski definition) is 2. The number of nitrogens with one attached hydrogen (secondary N) is 1. The fraction of sp³-hybridized carbons (Fsp3) is 0.308. The Kier molecular flexibility index (Phi) is 4.41. The van der Waals surface area contributed by atoms with Crippen LogP contribution >= 0.6 is 0 Å². The predicted octanol–water partition coefficient (Wildman–Crippen LogP) is 1.43. The maximum absolute atomic E-state index is 11.2. The highest BCUT2D eigenvalue weighted by Gasteiger charge is 2.04. The minimum Gasteiger partial charge on any atom is -0.483 e. The van der Waals surface area contributed by atoms with Gasteiger partial charge in [-0.2, -0.15) is 0 Å². The molecule has 0 bridgehead atoms. The molecule has 84 valence electrons. The van der Waals surface area contributed by atoms with Crippen molar-refractivity contribution in [1.29, 1.82) is 0 Å². The van der Waals surface area contributed by atoms with Gasteiger partial charge in [0.1, 0.15) is 5.75 Å². The van der Waals surface area contributed by atoms with Gasteiger partial charge < -0.3 is 10.1 Å². The number of rotatable bonds is 4. The normalized spacial score (nSPS) is 9.31. The first-order chi connectivity index (χ1) is 7.65. The number of carbonyl (C=O) groups excluding carboxylic acids is 1. The minimum atomic E-state index is -0.209. The first-order valence-corrected chi connectivity index (χ1v) is 5.04. The van der Waals surface area contributed by atoms with Crippen molar-refractivity contribution in [2.45, 2.75) is 13.8 Å². The Hall–Kier alpha value is -1.95. The molecule has 0 radical (unpaired) electrons. The molecule has 0 aliphatic heterocycles. The van der Waals surface area contributed by atoms with Crippen LogP contribution in [0.2, 0.25) is 0 Å². The molecule has 0 aliphatic rings. The molecule has 16 heavy (non-hydrogen) atoms. The lowest BCUT2D eigenvalue weighted by Crippen LogP contribution is -2.29. The molecule has 0 aliphatic carbocycles. The fourth-order valence-corrected chi connectivity index (χ4v) is 1.22. The number of terminal acetylenes is 1. The second-order valence-corrected chi connectivity index (χ2v) is 3.47. The van der Waals surface area contributed by atoms with Gasteiger partial charge >= 0.3 is 0 Å². The van der Waals surface area contributed by atoms with E-state index < -0.39 is 0 Å². The SMILES string of the molecule is C#CCNC(=O)COc1cccc(C)c1C. The van der Waals surface area contributed by atoms with Crippen LogP contribution in [-0.4, -0.2) is 19.1 Å². The number of aryl methyl sites for hydroxylation is 1. The number of ether oxygens (including phenoxy) is 1. The van der Waals surface area contributed by atoms with Crippen LogP contribution < -0.4 is 10.1 Å². The summed E-state index contributed by atoms with van der Waals surface area (Å²) in [5.74, 6) is 2.85. The zero-order valence-electron chi connectivity index (χ0n) is 9.54. The molecule has 0 saturated carbocycles. The summed E-state index contributed by atoms with van der Waals surface area (Å²) in [6, 6.07) is 5.74. The van der Waals surface area contributed by atoms with Crippen LogP contribution in [0.4, 0.5) is 0 Å². The molecular weight excluding hydrogens is 202 g/mol. The summed E-state index contributed by atoms with van der Waals surface area (Å²) in [6.45, 7) is 4.19. The highest BCUT2D eigenvalue weighted by molar-refractivity contribution is 5.77. The largest absolute Gasteiger partial charge is 0.483 e. The number of benzene rings is 1. The van der Waals surface area contributed by atoms with E-state index in [4.69, 9.17) is 11.2 Å². The van der Waals surface area contributed by atoms with Crippen LogP contribution in [0, 0.1) is 26.2 Å². The van der Waals surface area contributed by atoms with Crippen molar-refractivity contribution < 1.29 is 9.53 Å². The molecule has 0 unspecified atom stereocenters. The van der Waals surface area contributed by atoms with Crippen molar-refractivity contribution in [3.05, 3.63) is 29.3 Å².